The molecule has 0 aromatic heterocycles. The minimum Gasteiger partial charge on any atom is -0.314 e. The Balaban J connectivity index is 1.96. The molecule has 0 amide bonds. The predicted molar refractivity (Wildman–Crippen MR) is 45.5 cm³/mol. The summed E-state index contributed by atoms with van der Waals surface area (Å²) in [5.74, 6) is 0. The van der Waals surface area contributed by atoms with Crippen LogP contribution in [0.1, 0.15) is 38.5 Å². The van der Waals surface area contributed by atoms with Crippen molar-refractivity contribution < 1.29 is 4.39 Å². The summed E-state index contributed by atoms with van der Waals surface area (Å²) < 4.78 is 11.7. The van der Waals surface area contributed by atoms with E-state index in [-0.39, 0.29) is 6.67 Å². The highest BCUT2D eigenvalue weighted by atomic mass is 19.1. The van der Waals surface area contributed by atoms with Crippen LogP contribution in [0.4, 0.5) is 4.39 Å². The van der Waals surface area contributed by atoms with Crippen molar-refractivity contribution in [1.82, 2.24) is 5.32 Å². The first-order valence-electron chi connectivity index (χ1n) is 4.73. The first-order valence-corrected chi connectivity index (χ1v) is 4.73. The molecular formula is C9H18FN. The summed E-state index contributed by atoms with van der Waals surface area (Å²) in [4.78, 5) is 0. The molecule has 0 atom stereocenters. The molecule has 0 aromatic carbocycles. The van der Waals surface area contributed by atoms with Crippen LogP contribution in [0.3, 0.4) is 0 Å². The Bertz CT molecular complexity index is 89.6. The molecule has 1 nitrogen and oxygen atoms in total. The van der Waals surface area contributed by atoms with Crippen molar-refractivity contribution in [2.75, 3.05) is 13.2 Å². The Hall–Kier alpha value is -0.110. The van der Waals surface area contributed by atoms with Crippen LogP contribution in [-0.4, -0.2) is 19.3 Å². The Kier molecular flexibility index (Phi) is 4.51. The van der Waals surface area contributed by atoms with Gasteiger partial charge in [0.15, 0.2) is 0 Å². The lowest BCUT2D eigenvalue weighted by Gasteiger charge is -2.22. The Labute approximate surface area is 68.4 Å². The first-order chi connectivity index (χ1) is 5.43. The highest BCUT2D eigenvalue weighted by Gasteiger charge is 2.11. The van der Waals surface area contributed by atoms with Crippen LogP contribution in [0.15, 0.2) is 0 Å². The molecule has 1 aliphatic carbocycles. The van der Waals surface area contributed by atoms with E-state index in [1.54, 1.807) is 0 Å². The number of rotatable bonds is 4. The highest BCUT2D eigenvalue weighted by molar-refractivity contribution is 4.71. The summed E-state index contributed by atoms with van der Waals surface area (Å²) in [6.45, 7) is 0.681. The topological polar surface area (TPSA) is 12.0 Å². The third-order valence-corrected chi connectivity index (χ3v) is 2.35. The maximum Gasteiger partial charge on any atom is 0.0906 e. The molecule has 0 radical (unpaired) electrons. The molecule has 1 rings (SSSR count). The summed E-state index contributed by atoms with van der Waals surface area (Å²) in [5, 5.41) is 3.38. The van der Waals surface area contributed by atoms with Gasteiger partial charge in [0.25, 0.3) is 0 Å². The maximum atomic E-state index is 11.7. The number of alkyl halides is 1. The average molecular weight is 159 g/mol. The lowest BCUT2D eigenvalue weighted by molar-refractivity contribution is 0.361. The average Bonchev–Trinajstić information content (AvgIpc) is 2.07. The second-order valence-electron chi connectivity index (χ2n) is 3.33. The van der Waals surface area contributed by atoms with Gasteiger partial charge in [-0.2, -0.15) is 0 Å². The van der Waals surface area contributed by atoms with Gasteiger partial charge in [-0.3, -0.25) is 4.39 Å². The van der Waals surface area contributed by atoms with E-state index in [2.05, 4.69) is 5.32 Å². The summed E-state index contributed by atoms with van der Waals surface area (Å²) >= 11 is 0. The molecule has 0 aromatic rings. The van der Waals surface area contributed by atoms with Gasteiger partial charge in [0.1, 0.15) is 0 Å². The predicted octanol–water partition coefficient (Wildman–Crippen LogP) is 2.27. The molecule has 0 saturated heterocycles. The molecule has 2 heteroatoms. The second kappa shape index (κ2) is 5.53. The zero-order valence-electron chi connectivity index (χ0n) is 7.11. The van der Waals surface area contributed by atoms with Crippen LogP contribution in [0.2, 0.25) is 0 Å². The fourth-order valence-electron chi connectivity index (χ4n) is 1.68. The van der Waals surface area contributed by atoms with E-state index in [0.29, 0.717) is 12.5 Å². The first kappa shape index (κ1) is 8.98. The molecule has 66 valence electrons. The minimum absolute atomic E-state index is 0.181. The van der Waals surface area contributed by atoms with E-state index in [9.17, 15) is 4.39 Å². The Morgan fingerprint density at radius 1 is 1.18 bits per heavy atom. The lowest BCUT2D eigenvalue weighted by atomic mass is 9.95. The van der Waals surface area contributed by atoms with Crippen molar-refractivity contribution >= 4 is 0 Å². The van der Waals surface area contributed by atoms with E-state index in [4.69, 9.17) is 0 Å². The largest absolute Gasteiger partial charge is 0.314 e. The molecule has 0 heterocycles. The lowest BCUT2D eigenvalue weighted by Crippen LogP contribution is -2.31. The van der Waals surface area contributed by atoms with Crippen molar-refractivity contribution in [2.24, 2.45) is 0 Å². The second-order valence-corrected chi connectivity index (χ2v) is 3.33. The number of hydrogen-bond acceptors (Lipinski definition) is 1. The van der Waals surface area contributed by atoms with Gasteiger partial charge in [-0.1, -0.05) is 19.3 Å². The fraction of sp³-hybridized carbons (Fsp3) is 1.00. The van der Waals surface area contributed by atoms with Crippen LogP contribution in [-0.2, 0) is 0 Å². The van der Waals surface area contributed by atoms with Crippen LogP contribution in [0.5, 0.6) is 0 Å². The van der Waals surface area contributed by atoms with Crippen molar-refractivity contribution in [3.8, 4) is 0 Å². The van der Waals surface area contributed by atoms with E-state index < -0.39 is 0 Å². The van der Waals surface area contributed by atoms with E-state index in [1.807, 2.05) is 0 Å². The van der Waals surface area contributed by atoms with Crippen LogP contribution < -0.4 is 5.32 Å². The van der Waals surface area contributed by atoms with E-state index in [1.165, 1.54) is 32.1 Å². The number of halogens is 1. The summed E-state index contributed by atoms with van der Waals surface area (Å²) in [6, 6.07) is 0.690. The Morgan fingerprint density at radius 3 is 2.55 bits per heavy atom. The highest BCUT2D eigenvalue weighted by Crippen LogP contribution is 2.16. The van der Waals surface area contributed by atoms with Gasteiger partial charge in [-0.05, 0) is 25.8 Å². The van der Waals surface area contributed by atoms with Gasteiger partial charge in [-0.25, -0.2) is 0 Å². The molecule has 0 unspecified atom stereocenters. The SMILES string of the molecule is FCCCNC1CCCCC1. The molecule has 1 saturated carbocycles. The molecule has 11 heavy (non-hydrogen) atoms. The molecule has 1 fully saturated rings. The molecule has 0 aliphatic heterocycles. The Morgan fingerprint density at radius 2 is 1.91 bits per heavy atom. The number of hydrogen-bond donors (Lipinski definition) is 1. The van der Waals surface area contributed by atoms with Crippen molar-refractivity contribution in [2.45, 2.75) is 44.6 Å². The fourth-order valence-corrected chi connectivity index (χ4v) is 1.68. The molecule has 0 bridgehead atoms. The zero-order valence-corrected chi connectivity index (χ0v) is 7.11. The van der Waals surface area contributed by atoms with Crippen LogP contribution in [0.25, 0.3) is 0 Å². The van der Waals surface area contributed by atoms with Gasteiger partial charge in [0.05, 0.1) is 6.67 Å². The van der Waals surface area contributed by atoms with Crippen LogP contribution in [0, 0.1) is 0 Å². The normalized spacial score (nSPS) is 20.5. The molecular weight excluding hydrogens is 141 g/mol. The monoisotopic (exact) mass is 159 g/mol. The van der Waals surface area contributed by atoms with Crippen molar-refractivity contribution in [3.05, 3.63) is 0 Å². The van der Waals surface area contributed by atoms with Gasteiger partial charge >= 0.3 is 0 Å². The van der Waals surface area contributed by atoms with Crippen LogP contribution >= 0.6 is 0 Å². The van der Waals surface area contributed by atoms with Crippen molar-refractivity contribution in [3.63, 3.8) is 0 Å². The summed E-state index contributed by atoms with van der Waals surface area (Å²) in [6.07, 6.45) is 7.37. The summed E-state index contributed by atoms with van der Waals surface area (Å²) in [7, 11) is 0. The van der Waals surface area contributed by atoms with Gasteiger partial charge in [0, 0.05) is 6.04 Å². The molecule has 0 spiro atoms. The van der Waals surface area contributed by atoms with E-state index >= 15 is 0 Å². The smallest absolute Gasteiger partial charge is 0.0906 e. The minimum atomic E-state index is -0.181. The standard InChI is InChI=1S/C9H18FN/c10-7-4-8-11-9-5-2-1-3-6-9/h9,11H,1-8H2. The maximum absolute atomic E-state index is 11.7. The third kappa shape index (κ3) is 3.71. The number of nitrogens with one attached hydrogen (secondary N) is 1. The zero-order chi connectivity index (χ0) is 7.94. The van der Waals surface area contributed by atoms with E-state index in [0.717, 1.165) is 6.54 Å². The van der Waals surface area contributed by atoms with Crippen molar-refractivity contribution in [1.29, 1.82) is 0 Å². The third-order valence-electron chi connectivity index (χ3n) is 2.35. The van der Waals surface area contributed by atoms with Gasteiger partial charge in [-0.15, -0.1) is 0 Å². The summed E-state index contributed by atoms with van der Waals surface area (Å²) in [5.41, 5.74) is 0. The quantitative estimate of drug-likeness (QED) is 0.620. The molecule has 1 aliphatic rings. The molecule has 1 N–H and O–H groups in total. The van der Waals surface area contributed by atoms with Gasteiger partial charge in [0.2, 0.25) is 0 Å². The van der Waals surface area contributed by atoms with Gasteiger partial charge < -0.3 is 5.32 Å².